The van der Waals surface area contributed by atoms with Gasteiger partial charge in [0.2, 0.25) is 0 Å². The quantitative estimate of drug-likeness (QED) is 0.206. The molecule has 2 heteroatoms. The number of nitrogens with one attached hydrogen (secondary N) is 1. The molecule has 0 atom stereocenters. The first-order valence-corrected chi connectivity index (χ1v) is 15.3. The Hall–Kier alpha value is -5.21. The second kappa shape index (κ2) is 9.39. The van der Waals surface area contributed by atoms with Crippen LogP contribution < -0.4 is 5.73 Å². The van der Waals surface area contributed by atoms with Crippen LogP contribution in [0.5, 0.6) is 0 Å². The molecule has 6 aromatic rings. The van der Waals surface area contributed by atoms with Crippen LogP contribution in [0.25, 0.3) is 33.0 Å². The van der Waals surface area contributed by atoms with Gasteiger partial charge in [0.25, 0.3) is 0 Å². The molecule has 0 bridgehead atoms. The summed E-state index contributed by atoms with van der Waals surface area (Å²) < 4.78 is 0. The number of nitrogens with two attached hydrogens (primary N) is 1. The highest BCUT2D eigenvalue weighted by atomic mass is 14.6. The first-order valence-electron chi connectivity index (χ1n) is 15.3. The summed E-state index contributed by atoms with van der Waals surface area (Å²) in [6, 6.07) is 46.6. The molecule has 0 saturated carbocycles. The number of hydrogen-bond donors (Lipinski definition) is 2. The van der Waals surface area contributed by atoms with Crippen molar-refractivity contribution in [3.63, 3.8) is 0 Å². The SMILES string of the molecule is C/C(N)=C/C(=N)c1cccc2c1-c1cc(-c3cccc4ccccc34)ccc1C21c2ccccc2C(C)(C)c2ccccc21. The van der Waals surface area contributed by atoms with Crippen molar-refractivity contribution in [1.82, 2.24) is 0 Å². The topological polar surface area (TPSA) is 49.9 Å². The second-order valence-electron chi connectivity index (χ2n) is 12.8. The fraction of sp³-hybridized carbons (Fsp3) is 0.119. The lowest BCUT2D eigenvalue weighted by molar-refractivity contribution is 0.563. The summed E-state index contributed by atoms with van der Waals surface area (Å²) in [5.74, 6) is 0. The third-order valence-corrected chi connectivity index (χ3v) is 9.93. The molecular formula is C42H34N2. The number of allylic oxidation sites excluding steroid dienone is 2. The average molecular weight is 567 g/mol. The predicted molar refractivity (Wildman–Crippen MR) is 184 cm³/mol. The van der Waals surface area contributed by atoms with Crippen LogP contribution in [0.3, 0.4) is 0 Å². The highest BCUT2D eigenvalue weighted by Crippen LogP contribution is 2.63. The second-order valence-corrected chi connectivity index (χ2v) is 12.8. The van der Waals surface area contributed by atoms with Crippen LogP contribution in [-0.4, -0.2) is 5.71 Å². The summed E-state index contributed by atoms with van der Waals surface area (Å²) in [5, 5.41) is 11.7. The van der Waals surface area contributed by atoms with Gasteiger partial charge in [0.1, 0.15) is 0 Å². The van der Waals surface area contributed by atoms with E-state index in [1.807, 2.05) is 6.92 Å². The Balaban J connectivity index is 1.53. The molecule has 8 rings (SSSR count). The third-order valence-electron chi connectivity index (χ3n) is 9.93. The fourth-order valence-electron chi connectivity index (χ4n) is 8.13. The molecule has 0 amide bonds. The van der Waals surface area contributed by atoms with Crippen LogP contribution in [0, 0.1) is 5.41 Å². The van der Waals surface area contributed by atoms with Gasteiger partial charge in [-0.05, 0) is 85.5 Å². The minimum atomic E-state index is -0.511. The molecule has 0 heterocycles. The van der Waals surface area contributed by atoms with Crippen LogP contribution in [0.4, 0.5) is 0 Å². The first-order chi connectivity index (χ1) is 21.3. The van der Waals surface area contributed by atoms with E-state index in [4.69, 9.17) is 5.73 Å². The molecule has 0 saturated heterocycles. The molecule has 2 nitrogen and oxygen atoms in total. The van der Waals surface area contributed by atoms with Gasteiger partial charge in [-0.3, -0.25) is 0 Å². The van der Waals surface area contributed by atoms with Crippen molar-refractivity contribution in [1.29, 1.82) is 5.41 Å². The Morgan fingerprint density at radius 3 is 1.91 bits per heavy atom. The summed E-state index contributed by atoms with van der Waals surface area (Å²) in [5.41, 5.74) is 19.9. The van der Waals surface area contributed by atoms with E-state index in [1.54, 1.807) is 6.08 Å². The summed E-state index contributed by atoms with van der Waals surface area (Å²) in [4.78, 5) is 0. The molecule has 44 heavy (non-hydrogen) atoms. The molecule has 0 radical (unpaired) electrons. The van der Waals surface area contributed by atoms with Gasteiger partial charge in [0, 0.05) is 16.7 Å². The number of fused-ring (bicyclic) bond motifs is 10. The van der Waals surface area contributed by atoms with Crippen LogP contribution in [0.15, 0.2) is 139 Å². The summed E-state index contributed by atoms with van der Waals surface area (Å²) in [6.07, 6.45) is 1.78. The van der Waals surface area contributed by atoms with Gasteiger partial charge < -0.3 is 11.1 Å². The standard InChI is InChI=1S/C42H34N2/c1-26(43)24-39(44)31-16-11-21-38-40(31)32-25-28(30-15-10-13-27-12-4-5-14-29(27)30)22-23-33(32)42(38)36-19-8-6-17-34(36)41(2,3)35-18-7-9-20-37(35)42/h4-25,44H,43H2,1-3H3/b26-24-,44-39?. The normalized spacial score (nSPS) is 15.4. The van der Waals surface area contributed by atoms with Gasteiger partial charge in [-0.2, -0.15) is 0 Å². The van der Waals surface area contributed by atoms with Crippen molar-refractivity contribution in [2.75, 3.05) is 0 Å². The molecular weight excluding hydrogens is 532 g/mol. The highest BCUT2D eigenvalue weighted by Gasteiger charge is 2.53. The molecule has 3 N–H and O–H groups in total. The highest BCUT2D eigenvalue weighted by molar-refractivity contribution is 6.13. The lowest BCUT2D eigenvalue weighted by Crippen LogP contribution is -2.40. The molecule has 0 unspecified atom stereocenters. The van der Waals surface area contributed by atoms with Gasteiger partial charge in [-0.15, -0.1) is 0 Å². The maximum absolute atomic E-state index is 9.19. The van der Waals surface area contributed by atoms with E-state index in [9.17, 15) is 5.41 Å². The Morgan fingerprint density at radius 1 is 0.614 bits per heavy atom. The molecule has 0 aliphatic heterocycles. The van der Waals surface area contributed by atoms with E-state index in [1.165, 1.54) is 60.8 Å². The van der Waals surface area contributed by atoms with E-state index < -0.39 is 5.41 Å². The first kappa shape index (κ1) is 26.4. The van der Waals surface area contributed by atoms with E-state index in [0.717, 1.165) is 11.1 Å². The van der Waals surface area contributed by atoms with Crippen molar-refractivity contribution < 1.29 is 0 Å². The van der Waals surface area contributed by atoms with Crippen molar-refractivity contribution in [2.45, 2.75) is 31.6 Å². The minimum absolute atomic E-state index is 0.159. The smallest absolute Gasteiger partial charge is 0.0719 e. The van der Waals surface area contributed by atoms with Gasteiger partial charge >= 0.3 is 0 Å². The summed E-state index contributed by atoms with van der Waals surface area (Å²) in [6.45, 7) is 6.54. The third kappa shape index (κ3) is 3.45. The van der Waals surface area contributed by atoms with Crippen LogP contribution in [0.2, 0.25) is 0 Å². The fourth-order valence-corrected chi connectivity index (χ4v) is 8.13. The Kier molecular flexibility index (Phi) is 5.64. The lowest BCUT2D eigenvalue weighted by atomic mass is 9.55. The molecule has 2 aliphatic rings. The van der Waals surface area contributed by atoms with Gasteiger partial charge in [0.15, 0.2) is 0 Å². The zero-order chi connectivity index (χ0) is 30.2. The van der Waals surface area contributed by atoms with Crippen molar-refractivity contribution in [3.05, 3.63) is 178 Å². The van der Waals surface area contributed by atoms with Crippen LogP contribution in [0.1, 0.15) is 59.7 Å². The maximum atomic E-state index is 9.19. The summed E-state index contributed by atoms with van der Waals surface area (Å²) >= 11 is 0. The Labute approximate surface area is 259 Å². The maximum Gasteiger partial charge on any atom is 0.0719 e. The largest absolute Gasteiger partial charge is 0.402 e. The minimum Gasteiger partial charge on any atom is -0.402 e. The number of hydrogen-bond acceptors (Lipinski definition) is 2. The van der Waals surface area contributed by atoms with Crippen LogP contribution >= 0.6 is 0 Å². The van der Waals surface area contributed by atoms with Gasteiger partial charge in [-0.25, -0.2) is 0 Å². The van der Waals surface area contributed by atoms with E-state index >= 15 is 0 Å². The zero-order valence-corrected chi connectivity index (χ0v) is 25.3. The molecule has 2 aliphatic carbocycles. The average Bonchev–Trinajstić information content (AvgIpc) is 3.34. The van der Waals surface area contributed by atoms with Crippen molar-refractivity contribution >= 4 is 16.5 Å². The zero-order valence-electron chi connectivity index (χ0n) is 25.3. The molecule has 0 aromatic heterocycles. The monoisotopic (exact) mass is 566 g/mol. The molecule has 0 fully saturated rings. The predicted octanol–water partition coefficient (Wildman–Crippen LogP) is 9.74. The van der Waals surface area contributed by atoms with E-state index in [-0.39, 0.29) is 5.41 Å². The molecule has 6 aromatic carbocycles. The number of rotatable bonds is 3. The summed E-state index contributed by atoms with van der Waals surface area (Å²) in [7, 11) is 0. The Morgan fingerprint density at radius 2 is 1.20 bits per heavy atom. The molecule has 212 valence electrons. The van der Waals surface area contributed by atoms with Gasteiger partial charge in [-0.1, -0.05) is 135 Å². The number of benzene rings is 6. The lowest BCUT2D eigenvalue weighted by Gasteiger charge is -2.46. The van der Waals surface area contributed by atoms with Crippen LogP contribution in [-0.2, 0) is 10.8 Å². The van der Waals surface area contributed by atoms with Gasteiger partial charge in [0.05, 0.1) is 11.1 Å². The Bertz CT molecular complexity index is 2140. The molecule has 1 spiro atoms. The van der Waals surface area contributed by atoms with Crippen molar-refractivity contribution in [3.8, 4) is 22.3 Å². The van der Waals surface area contributed by atoms with Crippen molar-refractivity contribution in [2.24, 2.45) is 5.73 Å². The van der Waals surface area contributed by atoms with E-state index in [0.29, 0.717) is 11.4 Å². The van der Waals surface area contributed by atoms with E-state index in [2.05, 4.69) is 141 Å².